The van der Waals surface area contributed by atoms with Crippen LogP contribution in [0.2, 0.25) is 0 Å². The fourth-order valence-corrected chi connectivity index (χ4v) is 3.55. The van der Waals surface area contributed by atoms with Gasteiger partial charge in [-0.2, -0.15) is 0 Å². The molecule has 0 bridgehead atoms. The number of benzene rings is 3. The van der Waals surface area contributed by atoms with Gasteiger partial charge in [0.05, 0.1) is 16.1 Å². The third-order valence-electron chi connectivity index (χ3n) is 4.93. The molecule has 1 aliphatic heterocycles. The number of rotatable bonds is 5. The third kappa shape index (κ3) is 3.32. The number of para-hydroxylation sites is 2. The molecule has 3 aromatic carbocycles. The second-order valence-corrected chi connectivity index (χ2v) is 6.64. The summed E-state index contributed by atoms with van der Waals surface area (Å²) in [5, 5.41) is 14.9. The monoisotopic (exact) mass is 373 g/mol. The zero-order chi connectivity index (χ0) is 19.5. The van der Waals surface area contributed by atoms with Gasteiger partial charge in [-0.3, -0.25) is 14.9 Å². The second-order valence-electron chi connectivity index (χ2n) is 6.64. The molecule has 0 saturated heterocycles. The van der Waals surface area contributed by atoms with Gasteiger partial charge >= 0.3 is 0 Å². The fourth-order valence-electron chi connectivity index (χ4n) is 3.55. The smallest absolute Gasteiger partial charge is 0.276 e. The normalized spacial score (nSPS) is 15.6. The van der Waals surface area contributed by atoms with E-state index in [2.05, 4.69) is 5.32 Å². The first-order valence-corrected chi connectivity index (χ1v) is 9.09. The highest BCUT2D eigenvalue weighted by Crippen LogP contribution is 2.36. The van der Waals surface area contributed by atoms with Crippen molar-refractivity contribution in [2.24, 2.45) is 0 Å². The van der Waals surface area contributed by atoms with E-state index in [4.69, 9.17) is 0 Å². The summed E-state index contributed by atoms with van der Waals surface area (Å²) in [7, 11) is 0. The SMILES string of the molecule is O=C1c2ccccc2NC(c2ccccc2[N+](=O)[O-])N1CCc1ccccc1. The predicted molar refractivity (Wildman–Crippen MR) is 107 cm³/mol. The molecule has 0 saturated carbocycles. The van der Waals surface area contributed by atoms with Crippen molar-refractivity contribution in [3.63, 3.8) is 0 Å². The zero-order valence-corrected chi connectivity index (χ0v) is 15.1. The van der Waals surface area contributed by atoms with Crippen molar-refractivity contribution in [2.45, 2.75) is 12.6 Å². The molecule has 1 unspecified atom stereocenters. The van der Waals surface area contributed by atoms with Crippen LogP contribution in [0.1, 0.15) is 27.7 Å². The topological polar surface area (TPSA) is 75.5 Å². The first kappa shape index (κ1) is 17.7. The number of fused-ring (bicyclic) bond motifs is 1. The Morgan fingerprint density at radius 2 is 1.61 bits per heavy atom. The summed E-state index contributed by atoms with van der Waals surface area (Å²) in [5.41, 5.74) is 2.84. The van der Waals surface area contributed by atoms with Gasteiger partial charge in [0.2, 0.25) is 0 Å². The molecular formula is C22H19N3O3. The van der Waals surface area contributed by atoms with Crippen LogP contribution in [0, 0.1) is 10.1 Å². The molecule has 6 heteroatoms. The molecule has 1 aliphatic rings. The van der Waals surface area contributed by atoms with E-state index in [1.54, 1.807) is 29.2 Å². The van der Waals surface area contributed by atoms with Gasteiger partial charge < -0.3 is 10.2 Å². The molecule has 1 atom stereocenters. The number of nitrogens with one attached hydrogen (secondary N) is 1. The second kappa shape index (κ2) is 7.52. The van der Waals surface area contributed by atoms with E-state index in [0.717, 1.165) is 5.56 Å². The van der Waals surface area contributed by atoms with Crippen LogP contribution in [0.5, 0.6) is 0 Å². The summed E-state index contributed by atoms with van der Waals surface area (Å²) in [6.07, 6.45) is 0.0563. The Morgan fingerprint density at radius 1 is 0.929 bits per heavy atom. The highest BCUT2D eigenvalue weighted by atomic mass is 16.6. The number of hydrogen-bond donors (Lipinski definition) is 1. The fraction of sp³-hybridized carbons (Fsp3) is 0.136. The number of amides is 1. The molecule has 140 valence electrons. The number of carbonyl (C=O) groups excluding carboxylic acids is 1. The lowest BCUT2D eigenvalue weighted by Crippen LogP contribution is -2.44. The van der Waals surface area contributed by atoms with Crippen LogP contribution in [0.15, 0.2) is 78.9 Å². The van der Waals surface area contributed by atoms with Crippen LogP contribution in [-0.4, -0.2) is 22.3 Å². The van der Waals surface area contributed by atoms with Crippen molar-refractivity contribution in [2.75, 3.05) is 11.9 Å². The molecule has 28 heavy (non-hydrogen) atoms. The van der Waals surface area contributed by atoms with Gasteiger partial charge in [0, 0.05) is 18.3 Å². The molecule has 1 amide bonds. The lowest BCUT2D eigenvalue weighted by molar-refractivity contribution is -0.385. The molecule has 0 fully saturated rings. The van der Waals surface area contributed by atoms with Gasteiger partial charge in [-0.05, 0) is 30.2 Å². The Kier molecular flexibility index (Phi) is 4.76. The van der Waals surface area contributed by atoms with E-state index in [9.17, 15) is 14.9 Å². The Bertz CT molecular complexity index is 1020. The first-order chi connectivity index (χ1) is 13.6. The molecule has 0 radical (unpaired) electrons. The summed E-state index contributed by atoms with van der Waals surface area (Å²) in [6, 6.07) is 23.7. The minimum absolute atomic E-state index is 0.00288. The van der Waals surface area contributed by atoms with E-state index in [1.807, 2.05) is 48.5 Å². The van der Waals surface area contributed by atoms with Crippen LogP contribution >= 0.6 is 0 Å². The van der Waals surface area contributed by atoms with E-state index >= 15 is 0 Å². The molecule has 6 nitrogen and oxygen atoms in total. The number of carbonyl (C=O) groups is 1. The average molecular weight is 373 g/mol. The third-order valence-corrected chi connectivity index (χ3v) is 4.93. The highest BCUT2D eigenvalue weighted by Gasteiger charge is 2.35. The van der Waals surface area contributed by atoms with Gasteiger partial charge in [0.1, 0.15) is 6.17 Å². The number of anilines is 1. The molecule has 1 heterocycles. The summed E-state index contributed by atoms with van der Waals surface area (Å²) in [6.45, 7) is 0.445. The number of nitro benzene ring substituents is 1. The van der Waals surface area contributed by atoms with Gasteiger partial charge in [0.15, 0.2) is 0 Å². The van der Waals surface area contributed by atoms with Crippen LogP contribution in [0.3, 0.4) is 0 Å². The average Bonchev–Trinajstić information content (AvgIpc) is 2.73. The number of hydrogen-bond acceptors (Lipinski definition) is 4. The van der Waals surface area contributed by atoms with Gasteiger partial charge in [-0.15, -0.1) is 0 Å². The van der Waals surface area contributed by atoms with Crippen LogP contribution in [0.4, 0.5) is 11.4 Å². The largest absolute Gasteiger partial charge is 0.361 e. The maximum atomic E-state index is 13.2. The van der Waals surface area contributed by atoms with Crippen LogP contribution in [-0.2, 0) is 6.42 Å². The quantitative estimate of drug-likeness (QED) is 0.531. The van der Waals surface area contributed by atoms with Crippen LogP contribution in [0.25, 0.3) is 0 Å². The molecule has 0 aromatic heterocycles. The summed E-state index contributed by atoms with van der Waals surface area (Å²) in [4.78, 5) is 26.0. The Morgan fingerprint density at radius 3 is 2.39 bits per heavy atom. The highest BCUT2D eigenvalue weighted by molar-refractivity contribution is 6.01. The number of nitro groups is 1. The minimum atomic E-state index is -0.604. The standard InChI is InChI=1S/C22H19N3O3/c26-22-17-10-4-6-12-19(17)23-21(18-11-5-7-13-20(18)25(27)28)24(22)15-14-16-8-2-1-3-9-16/h1-13,21,23H,14-15H2. The van der Waals surface area contributed by atoms with Gasteiger partial charge in [-0.25, -0.2) is 0 Å². The van der Waals surface area contributed by atoms with Crippen molar-refractivity contribution in [3.8, 4) is 0 Å². The van der Waals surface area contributed by atoms with Crippen LogP contribution < -0.4 is 5.32 Å². The minimum Gasteiger partial charge on any atom is -0.361 e. The van der Waals surface area contributed by atoms with E-state index in [1.165, 1.54) is 6.07 Å². The van der Waals surface area contributed by atoms with E-state index in [-0.39, 0.29) is 11.6 Å². The Balaban J connectivity index is 1.73. The lowest BCUT2D eigenvalue weighted by atomic mass is 10.0. The van der Waals surface area contributed by atoms with Gasteiger partial charge in [0.25, 0.3) is 11.6 Å². The molecule has 0 aliphatic carbocycles. The summed E-state index contributed by atoms with van der Waals surface area (Å²) >= 11 is 0. The molecular weight excluding hydrogens is 354 g/mol. The Hall–Kier alpha value is -3.67. The van der Waals surface area contributed by atoms with Crippen molar-refractivity contribution in [1.82, 2.24) is 4.90 Å². The lowest BCUT2D eigenvalue weighted by Gasteiger charge is -2.38. The maximum absolute atomic E-state index is 13.2. The summed E-state index contributed by atoms with van der Waals surface area (Å²) < 4.78 is 0. The molecule has 4 rings (SSSR count). The maximum Gasteiger partial charge on any atom is 0.276 e. The Labute approximate surface area is 162 Å². The first-order valence-electron chi connectivity index (χ1n) is 9.09. The molecule has 0 spiro atoms. The predicted octanol–water partition coefficient (Wildman–Crippen LogP) is 4.40. The van der Waals surface area contributed by atoms with Crippen molar-refractivity contribution in [1.29, 1.82) is 0 Å². The van der Waals surface area contributed by atoms with Crippen molar-refractivity contribution in [3.05, 3.63) is 106 Å². The summed E-state index contributed by atoms with van der Waals surface area (Å²) in [5.74, 6) is -0.131. The van der Waals surface area contributed by atoms with Gasteiger partial charge in [-0.1, -0.05) is 54.6 Å². The van der Waals surface area contributed by atoms with E-state index in [0.29, 0.717) is 29.8 Å². The number of nitrogens with zero attached hydrogens (tertiary/aromatic N) is 2. The molecule has 3 aromatic rings. The molecule has 1 N–H and O–H groups in total. The zero-order valence-electron chi connectivity index (χ0n) is 15.1. The van der Waals surface area contributed by atoms with E-state index < -0.39 is 11.1 Å². The van der Waals surface area contributed by atoms with Crippen molar-refractivity contribution < 1.29 is 9.72 Å². The van der Waals surface area contributed by atoms with Crippen molar-refractivity contribution >= 4 is 17.3 Å².